The summed E-state index contributed by atoms with van der Waals surface area (Å²) in [4.78, 5) is 21.8. The number of fused-ring (bicyclic) bond motifs is 1. The van der Waals surface area contributed by atoms with Gasteiger partial charge in [-0.15, -0.1) is 0 Å². The van der Waals surface area contributed by atoms with E-state index in [1.165, 1.54) is 10.9 Å². The van der Waals surface area contributed by atoms with Gasteiger partial charge in [-0.3, -0.25) is 0 Å². The lowest BCUT2D eigenvalue weighted by Crippen LogP contribution is -2.07. The van der Waals surface area contributed by atoms with Gasteiger partial charge in [0.15, 0.2) is 17.2 Å². The average Bonchev–Trinajstić information content (AvgIpc) is 3.58. The minimum Gasteiger partial charge on any atom is -0.474 e. The van der Waals surface area contributed by atoms with Gasteiger partial charge >= 0.3 is 6.18 Å². The summed E-state index contributed by atoms with van der Waals surface area (Å²) >= 11 is 0. The van der Waals surface area contributed by atoms with E-state index in [9.17, 15) is 17.6 Å². The minimum absolute atomic E-state index is 0.139. The van der Waals surface area contributed by atoms with E-state index in [-0.39, 0.29) is 24.2 Å². The average molecular weight is 553 g/mol. The maximum atomic E-state index is 13.2. The molecule has 1 aromatic carbocycles. The van der Waals surface area contributed by atoms with Gasteiger partial charge < -0.3 is 9.30 Å². The number of ether oxygens (including phenoxy) is 1. The van der Waals surface area contributed by atoms with E-state index in [0.717, 1.165) is 35.7 Å². The van der Waals surface area contributed by atoms with Gasteiger partial charge in [-0.1, -0.05) is 24.3 Å². The van der Waals surface area contributed by atoms with Crippen LogP contribution in [0.25, 0.3) is 33.8 Å². The summed E-state index contributed by atoms with van der Waals surface area (Å²) in [6.07, 6.45) is 3.22. The third-order valence-corrected chi connectivity index (χ3v) is 6.67. The van der Waals surface area contributed by atoms with Crippen molar-refractivity contribution in [2.24, 2.45) is 0 Å². The highest BCUT2D eigenvalue weighted by Crippen LogP contribution is 2.45. The van der Waals surface area contributed by atoms with Crippen LogP contribution in [0.2, 0.25) is 0 Å². The first-order chi connectivity index (χ1) is 19.4. The summed E-state index contributed by atoms with van der Waals surface area (Å²) in [6.45, 7) is 1.70. The fraction of sp³-hybridized carbons (Fsp3) is 0.333. The fourth-order valence-corrected chi connectivity index (χ4v) is 4.56. The molecule has 1 fully saturated rings. The van der Waals surface area contributed by atoms with Crippen LogP contribution in [-0.4, -0.2) is 52.5 Å². The van der Waals surface area contributed by atoms with E-state index in [4.69, 9.17) is 9.72 Å². The lowest BCUT2D eigenvalue weighted by atomic mass is 10.1. The molecular weight excluding hydrogens is 528 g/mol. The van der Waals surface area contributed by atoms with E-state index in [1.54, 1.807) is 36.1 Å². The van der Waals surface area contributed by atoms with Crippen molar-refractivity contribution < 1.29 is 22.3 Å². The normalized spacial score (nSPS) is 13.7. The smallest absolute Gasteiger partial charge is 0.434 e. The Morgan fingerprint density at radius 1 is 1.02 bits per heavy atom. The molecule has 0 spiro atoms. The van der Waals surface area contributed by atoms with E-state index < -0.39 is 18.5 Å². The molecule has 13 heteroatoms. The minimum atomic E-state index is -4.51. The number of imidazole rings is 1. The number of nitrogens with zero attached hydrogens (tertiary/aromatic N) is 8. The molecule has 0 atom stereocenters. The van der Waals surface area contributed by atoms with Crippen molar-refractivity contribution in [3.05, 3.63) is 66.1 Å². The van der Waals surface area contributed by atoms with Crippen molar-refractivity contribution in [1.82, 2.24) is 39.3 Å². The lowest BCUT2D eigenvalue weighted by Gasteiger charge is -2.12. The van der Waals surface area contributed by atoms with E-state index >= 15 is 0 Å². The Morgan fingerprint density at radius 3 is 2.52 bits per heavy atom. The van der Waals surface area contributed by atoms with Crippen molar-refractivity contribution in [3.8, 4) is 28.7 Å². The molecule has 1 aliphatic carbocycles. The second kappa shape index (κ2) is 10.3. The first-order valence-electron chi connectivity index (χ1n) is 12.8. The summed E-state index contributed by atoms with van der Waals surface area (Å²) in [5.41, 5.74) is 2.44. The van der Waals surface area contributed by atoms with Gasteiger partial charge in [0.2, 0.25) is 5.88 Å². The van der Waals surface area contributed by atoms with Crippen LogP contribution >= 0.6 is 0 Å². The fourth-order valence-electron chi connectivity index (χ4n) is 4.56. The van der Waals surface area contributed by atoms with E-state index in [0.29, 0.717) is 35.7 Å². The maximum Gasteiger partial charge on any atom is 0.434 e. The second-order valence-electron chi connectivity index (χ2n) is 9.46. The molecule has 0 radical (unpaired) electrons. The molecule has 0 aliphatic heterocycles. The van der Waals surface area contributed by atoms with Crippen LogP contribution in [0.4, 0.5) is 17.6 Å². The molecule has 0 unspecified atom stereocenters. The first kappa shape index (κ1) is 25.8. The summed E-state index contributed by atoms with van der Waals surface area (Å²) in [7, 11) is 0. The summed E-state index contributed by atoms with van der Waals surface area (Å²) in [6, 6.07) is 7.14. The van der Waals surface area contributed by atoms with Crippen LogP contribution in [0.15, 0.2) is 49.2 Å². The monoisotopic (exact) mass is 552 g/mol. The molecule has 9 nitrogen and oxygen atoms in total. The third-order valence-electron chi connectivity index (χ3n) is 6.67. The van der Waals surface area contributed by atoms with Crippen molar-refractivity contribution in [2.45, 2.75) is 44.9 Å². The number of aromatic nitrogens is 8. The zero-order chi connectivity index (χ0) is 27.9. The standard InChI is InChI=1S/C27H24F4N8O/c1-2-38-14-20(27(29,30)31)36-24(38)18-5-3-16(4-6-18)13-39-25-19(12-35-39)11-32-23(37-25)21-22(17-7-8-17)33-15-34-26(21)40-10-9-28/h3-6,11-12,14-15,17H,2,7-10,13H2,1H3. The van der Waals surface area contributed by atoms with Gasteiger partial charge in [-0.2, -0.15) is 18.3 Å². The number of benzene rings is 1. The van der Waals surface area contributed by atoms with Gasteiger partial charge in [0.25, 0.3) is 0 Å². The molecular formula is C27H24F4N8O. The number of rotatable bonds is 9. The van der Waals surface area contributed by atoms with Gasteiger partial charge in [0.05, 0.1) is 23.8 Å². The van der Waals surface area contributed by atoms with Gasteiger partial charge in [0.1, 0.15) is 31.0 Å². The maximum absolute atomic E-state index is 13.2. The largest absolute Gasteiger partial charge is 0.474 e. The zero-order valence-electron chi connectivity index (χ0n) is 21.4. The highest BCUT2D eigenvalue weighted by Gasteiger charge is 2.35. The molecule has 0 N–H and O–H groups in total. The van der Waals surface area contributed by atoms with Crippen LogP contribution in [0.5, 0.6) is 5.88 Å². The van der Waals surface area contributed by atoms with E-state index in [2.05, 4.69) is 25.0 Å². The number of halogens is 4. The quantitative estimate of drug-likeness (QED) is 0.224. The van der Waals surface area contributed by atoms with Crippen LogP contribution < -0.4 is 4.74 Å². The van der Waals surface area contributed by atoms with Crippen LogP contribution in [0.3, 0.4) is 0 Å². The highest BCUT2D eigenvalue weighted by atomic mass is 19.4. The molecule has 40 heavy (non-hydrogen) atoms. The summed E-state index contributed by atoms with van der Waals surface area (Å²) in [5.74, 6) is 1.12. The Kier molecular flexibility index (Phi) is 6.64. The summed E-state index contributed by atoms with van der Waals surface area (Å²) < 4.78 is 61.2. The number of alkyl halides is 4. The second-order valence-corrected chi connectivity index (χ2v) is 9.46. The molecule has 4 aromatic heterocycles. The molecule has 0 bridgehead atoms. The van der Waals surface area contributed by atoms with Gasteiger partial charge in [0, 0.05) is 30.4 Å². The van der Waals surface area contributed by atoms with Crippen LogP contribution in [-0.2, 0) is 19.3 Å². The Labute approximate surface area is 225 Å². The highest BCUT2D eigenvalue weighted by molar-refractivity contribution is 5.77. The predicted octanol–water partition coefficient (Wildman–Crippen LogP) is 5.46. The Morgan fingerprint density at radius 2 is 1.82 bits per heavy atom. The van der Waals surface area contributed by atoms with Crippen LogP contribution in [0, 0.1) is 0 Å². The Bertz CT molecular complexity index is 1660. The molecule has 206 valence electrons. The predicted molar refractivity (Wildman–Crippen MR) is 137 cm³/mol. The number of hydrogen-bond donors (Lipinski definition) is 0. The number of aryl methyl sites for hydroxylation is 1. The SMILES string of the molecule is CCn1cc(C(F)(F)F)nc1-c1ccc(Cn2ncc3cnc(-c4c(OCCF)ncnc4C4CC4)nc32)cc1. The lowest BCUT2D eigenvalue weighted by molar-refractivity contribution is -0.140. The molecule has 4 heterocycles. The molecule has 1 aliphatic rings. The van der Waals surface area contributed by atoms with Gasteiger partial charge in [-0.25, -0.2) is 34.0 Å². The van der Waals surface area contributed by atoms with Crippen LogP contribution in [0.1, 0.15) is 42.6 Å². The first-order valence-corrected chi connectivity index (χ1v) is 12.8. The Balaban J connectivity index is 1.31. The van der Waals surface area contributed by atoms with Gasteiger partial charge in [-0.05, 0) is 25.3 Å². The topological polar surface area (TPSA) is 96.4 Å². The summed E-state index contributed by atoms with van der Waals surface area (Å²) in [5, 5.41) is 5.19. The zero-order valence-corrected chi connectivity index (χ0v) is 21.4. The molecule has 1 saturated carbocycles. The molecule has 6 rings (SSSR count). The number of hydrogen-bond acceptors (Lipinski definition) is 7. The van der Waals surface area contributed by atoms with Crippen molar-refractivity contribution >= 4 is 11.0 Å². The Hall–Kier alpha value is -4.42. The molecule has 0 saturated heterocycles. The van der Waals surface area contributed by atoms with Crippen molar-refractivity contribution in [3.63, 3.8) is 0 Å². The molecule has 0 amide bonds. The third kappa shape index (κ3) is 4.98. The van der Waals surface area contributed by atoms with Crippen molar-refractivity contribution in [1.29, 1.82) is 0 Å². The molecule has 5 aromatic rings. The van der Waals surface area contributed by atoms with Crippen molar-refractivity contribution in [2.75, 3.05) is 13.3 Å². The van der Waals surface area contributed by atoms with E-state index in [1.807, 2.05) is 12.1 Å².